The van der Waals surface area contributed by atoms with Crippen LogP contribution in [-0.2, 0) is 6.61 Å². The molecule has 1 aromatic heterocycles. The molecule has 0 atom stereocenters. The zero-order valence-electron chi connectivity index (χ0n) is 22.8. The molecule has 0 aliphatic carbocycles. The number of hydrogen-bond acceptors (Lipinski definition) is 4. The number of methoxy groups -OCH3 is 1. The summed E-state index contributed by atoms with van der Waals surface area (Å²) in [4.78, 5) is 12.8. The first-order chi connectivity index (χ1) is 20.3. The Morgan fingerprint density at radius 3 is 2.40 bits per heavy atom. The highest BCUT2D eigenvalue weighted by Gasteiger charge is 2.13. The smallest absolute Gasteiger partial charge is 0.271 e. The zero-order chi connectivity index (χ0) is 29.6. The van der Waals surface area contributed by atoms with Gasteiger partial charge in [0.05, 0.1) is 29.1 Å². The third-order valence-electron chi connectivity index (χ3n) is 6.56. The van der Waals surface area contributed by atoms with E-state index in [2.05, 4.69) is 62.2 Å². The topological polar surface area (TPSA) is 64.8 Å². The molecule has 0 saturated carbocycles. The van der Waals surface area contributed by atoms with E-state index in [0.29, 0.717) is 37.1 Å². The molecule has 42 heavy (non-hydrogen) atoms. The van der Waals surface area contributed by atoms with Gasteiger partial charge in [0.25, 0.3) is 5.91 Å². The predicted molar refractivity (Wildman–Crippen MR) is 172 cm³/mol. The molecular weight excluding hydrogens is 637 g/mol. The first kappa shape index (κ1) is 29.5. The van der Waals surface area contributed by atoms with Gasteiger partial charge >= 0.3 is 0 Å². The number of hydrazone groups is 1. The van der Waals surface area contributed by atoms with E-state index in [1.807, 2.05) is 36.4 Å². The van der Waals surface area contributed by atoms with Crippen LogP contribution in [0.2, 0.25) is 10.0 Å². The Labute approximate surface area is 262 Å². The van der Waals surface area contributed by atoms with Crippen LogP contribution in [0.4, 0.5) is 0 Å². The number of carbonyl (C=O) groups excluding carboxylic acids is 1. The molecule has 0 radical (unpaired) electrons. The van der Waals surface area contributed by atoms with Crippen molar-refractivity contribution in [2.24, 2.45) is 5.10 Å². The van der Waals surface area contributed by atoms with Gasteiger partial charge in [-0.25, -0.2) is 5.43 Å². The molecule has 1 heterocycles. The van der Waals surface area contributed by atoms with E-state index in [-0.39, 0.29) is 12.5 Å². The number of carbonyl (C=O) groups is 1. The molecule has 0 bridgehead atoms. The second kappa shape index (κ2) is 13.3. The average molecular weight is 663 g/mol. The molecule has 0 unspecified atom stereocenters. The molecule has 1 N–H and O–H groups in total. The summed E-state index contributed by atoms with van der Waals surface area (Å²) in [6.45, 7) is 2.34. The quantitative estimate of drug-likeness (QED) is 0.127. The summed E-state index contributed by atoms with van der Waals surface area (Å²) < 4.78 is 14.3. The average Bonchev–Trinajstić information content (AvgIpc) is 3.40. The Morgan fingerprint density at radius 1 is 0.929 bits per heavy atom. The minimum atomic E-state index is -0.324. The van der Waals surface area contributed by atoms with Gasteiger partial charge in [0.1, 0.15) is 6.61 Å². The highest BCUT2D eigenvalue weighted by Crippen LogP contribution is 2.34. The summed E-state index contributed by atoms with van der Waals surface area (Å²) in [5, 5.41) is 5.10. The first-order valence-corrected chi connectivity index (χ1v) is 14.5. The van der Waals surface area contributed by atoms with Crippen molar-refractivity contribution in [1.82, 2.24) is 9.99 Å². The number of benzene rings is 4. The highest BCUT2D eigenvalue weighted by molar-refractivity contribution is 9.10. The lowest BCUT2D eigenvalue weighted by Gasteiger charge is -2.13. The minimum absolute atomic E-state index is 0.277. The number of amides is 1. The lowest BCUT2D eigenvalue weighted by molar-refractivity contribution is 0.0955. The monoisotopic (exact) mass is 661 g/mol. The number of rotatable bonds is 9. The zero-order valence-corrected chi connectivity index (χ0v) is 25.9. The predicted octanol–water partition coefficient (Wildman–Crippen LogP) is 8.87. The molecule has 4 aromatic carbocycles. The van der Waals surface area contributed by atoms with Crippen LogP contribution in [0, 0.1) is 6.92 Å². The first-order valence-electron chi connectivity index (χ1n) is 13.0. The second-order valence-corrected chi connectivity index (χ2v) is 11.0. The molecule has 6 nitrogen and oxygen atoms in total. The fourth-order valence-electron chi connectivity index (χ4n) is 4.42. The molecule has 0 fully saturated rings. The Hall–Kier alpha value is -4.04. The van der Waals surface area contributed by atoms with E-state index in [1.54, 1.807) is 43.5 Å². The normalized spacial score (nSPS) is 11.1. The highest BCUT2D eigenvalue weighted by atomic mass is 79.9. The molecule has 5 aromatic rings. The van der Waals surface area contributed by atoms with Crippen molar-refractivity contribution in [3.05, 3.63) is 134 Å². The summed E-state index contributed by atoms with van der Waals surface area (Å²) in [5.74, 6) is 0.719. The summed E-state index contributed by atoms with van der Waals surface area (Å²) in [6.07, 6.45) is 1.54. The van der Waals surface area contributed by atoms with Crippen molar-refractivity contribution in [2.45, 2.75) is 13.5 Å². The molecule has 5 rings (SSSR count). The van der Waals surface area contributed by atoms with Crippen LogP contribution in [0.15, 0.2) is 107 Å². The Kier molecular flexibility index (Phi) is 9.32. The van der Waals surface area contributed by atoms with Gasteiger partial charge in [-0.1, -0.05) is 59.6 Å². The molecule has 1 amide bonds. The van der Waals surface area contributed by atoms with Crippen LogP contribution in [0.1, 0.15) is 27.2 Å². The van der Waals surface area contributed by atoms with E-state index in [4.69, 9.17) is 32.7 Å². The van der Waals surface area contributed by atoms with Gasteiger partial charge in [-0.05, 0) is 94.6 Å². The van der Waals surface area contributed by atoms with Crippen LogP contribution in [0.3, 0.4) is 0 Å². The van der Waals surface area contributed by atoms with Crippen molar-refractivity contribution in [1.29, 1.82) is 0 Å². The number of ether oxygens (including phenoxy) is 2. The molecule has 9 heteroatoms. The van der Waals surface area contributed by atoms with Crippen LogP contribution >= 0.6 is 39.1 Å². The van der Waals surface area contributed by atoms with E-state index >= 15 is 0 Å². The number of aryl methyl sites for hydroxylation is 1. The van der Waals surface area contributed by atoms with Gasteiger partial charge in [0.15, 0.2) is 11.5 Å². The minimum Gasteiger partial charge on any atom is -0.493 e. The number of hydrogen-bond donors (Lipinski definition) is 1. The standard InChI is InChI=1S/C33H26BrCl2N3O3/c1-21-8-15-30(23-6-4-3-5-7-23)39(21)26-12-10-24(11-13-26)33(40)38-37-19-25-17-31(41-2)32(18-27(25)34)42-20-22-9-14-28(35)29(36)16-22/h3-19H,20H2,1-2H3,(H,38,40)/b37-19+. The van der Waals surface area contributed by atoms with Crippen molar-refractivity contribution in [2.75, 3.05) is 7.11 Å². The molecule has 0 aliphatic heterocycles. The van der Waals surface area contributed by atoms with Gasteiger partial charge in [0, 0.05) is 27.0 Å². The SMILES string of the molecule is COc1cc(/C=N/NC(=O)c2ccc(-n3c(C)ccc3-c3ccccc3)cc2)c(Br)cc1OCc1ccc(Cl)c(Cl)c1. The molecule has 0 aliphatic rings. The van der Waals surface area contributed by atoms with Crippen LogP contribution in [0.25, 0.3) is 16.9 Å². The van der Waals surface area contributed by atoms with E-state index in [9.17, 15) is 4.79 Å². The van der Waals surface area contributed by atoms with Crippen LogP contribution < -0.4 is 14.9 Å². The third-order valence-corrected chi connectivity index (χ3v) is 7.99. The lowest BCUT2D eigenvalue weighted by Crippen LogP contribution is -2.17. The van der Waals surface area contributed by atoms with Crippen molar-refractivity contribution in [3.8, 4) is 28.4 Å². The number of nitrogens with one attached hydrogen (secondary N) is 1. The molecule has 212 valence electrons. The summed E-state index contributed by atoms with van der Waals surface area (Å²) >= 11 is 15.6. The van der Waals surface area contributed by atoms with Crippen molar-refractivity contribution in [3.63, 3.8) is 0 Å². The molecule has 0 spiro atoms. The molecule has 0 saturated heterocycles. The molecular formula is C33H26BrCl2N3O3. The number of halogens is 3. The van der Waals surface area contributed by atoms with Gasteiger partial charge < -0.3 is 14.0 Å². The van der Waals surface area contributed by atoms with Crippen molar-refractivity contribution < 1.29 is 14.3 Å². The third kappa shape index (κ3) is 6.71. The largest absolute Gasteiger partial charge is 0.493 e. The maximum atomic E-state index is 12.8. The summed E-state index contributed by atoms with van der Waals surface area (Å²) in [5.41, 5.74) is 8.92. The van der Waals surface area contributed by atoms with E-state index in [1.165, 1.54) is 6.21 Å². The summed E-state index contributed by atoms with van der Waals surface area (Å²) in [7, 11) is 1.56. The number of nitrogens with zero attached hydrogens (tertiary/aromatic N) is 2. The fourth-order valence-corrected chi connectivity index (χ4v) is 5.16. The van der Waals surface area contributed by atoms with Crippen LogP contribution in [0.5, 0.6) is 11.5 Å². The lowest BCUT2D eigenvalue weighted by atomic mass is 10.1. The van der Waals surface area contributed by atoms with Gasteiger partial charge in [-0.15, -0.1) is 0 Å². The maximum absolute atomic E-state index is 12.8. The van der Waals surface area contributed by atoms with Gasteiger partial charge in [-0.3, -0.25) is 4.79 Å². The van der Waals surface area contributed by atoms with Gasteiger partial charge in [-0.2, -0.15) is 5.10 Å². The van der Waals surface area contributed by atoms with Gasteiger partial charge in [0.2, 0.25) is 0 Å². The van der Waals surface area contributed by atoms with Crippen molar-refractivity contribution >= 4 is 51.3 Å². The van der Waals surface area contributed by atoms with E-state index in [0.717, 1.165) is 28.2 Å². The van der Waals surface area contributed by atoms with Crippen LogP contribution in [-0.4, -0.2) is 23.8 Å². The Morgan fingerprint density at radius 2 is 1.69 bits per heavy atom. The second-order valence-electron chi connectivity index (χ2n) is 9.37. The fraction of sp³-hybridized carbons (Fsp3) is 0.0909. The Balaban J connectivity index is 1.25. The Bertz CT molecular complexity index is 1750. The number of aromatic nitrogens is 1. The maximum Gasteiger partial charge on any atom is 0.271 e. The summed E-state index contributed by atoms with van der Waals surface area (Å²) in [6, 6.07) is 30.7. The van der Waals surface area contributed by atoms with E-state index < -0.39 is 0 Å².